The predicted octanol–water partition coefficient (Wildman–Crippen LogP) is 2.61. The van der Waals surface area contributed by atoms with Crippen molar-refractivity contribution in [3.8, 4) is 0 Å². The van der Waals surface area contributed by atoms with Crippen molar-refractivity contribution in [1.82, 2.24) is 4.90 Å². The Kier molecular flexibility index (Phi) is 4.94. The number of carbonyl (C=O) groups excluding carboxylic acids is 1. The van der Waals surface area contributed by atoms with Crippen LogP contribution < -0.4 is 0 Å². The Bertz CT molecular complexity index is 523. The summed E-state index contributed by atoms with van der Waals surface area (Å²) in [6.07, 6.45) is 0. The van der Waals surface area contributed by atoms with Gasteiger partial charge in [-0.1, -0.05) is 30.7 Å². The summed E-state index contributed by atoms with van der Waals surface area (Å²) in [5, 5.41) is 9.70. The molecule has 0 saturated carbocycles. The van der Waals surface area contributed by atoms with Crippen molar-refractivity contribution in [3.63, 3.8) is 0 Å². The smallest absolute Gasteiger partial charge is 0.308 e. The summed E-state index contributed by atoms with van der Waals surface area (Å²) < 4.78 is 0. The van der Waals surface area contributed by atoms with E-state index < -0.39 is 11.9 Å². The molecule has 4 nitrogen and oxygen atoms in total. The van der Waals surface area contributed by atoms with E-state index >= 15 is 0 Å². The van der Waals surface area contributed by atoms with Crippen LogP contribution in [-0.4, -0.2) is 40.7 Å². The Morgan fingerprint density at radius 3 is 2.70 bits per heavy atom. The lowest BCUT2D eigenvalue weighted by Crippen LogP contribution is -2.31. The van der Waals surface area contributed by atoms with E-state index in [0.717, 1.165) is 4.90 Å². The second kappa shape index (κ2) is 6.50. The summed E-state index contributed by atoms with van der Waals surface area (Å²) in [5.41, 5.74) is 0. The molecule has 1 aromatic rings. The number of hydrogen-bond donors (Lipinski definition) is 1. The number of aliphatic carboxylic acids is 1. The molecule has 0 radical (unpaired) electrons. The third kappa shape index (κ3) is 3.46. The molecule has 0 bridgehead atoms. The van der Waals surface area contributed by atoms with Gasteiger partial charge in [0.05, 0.1) is 16.7 Å². The number of hydrogen-bond acceptors (Lipinski definition) is 3. The van der Waals surface area contributed by atoms with Crippen molar-refractivity contribution in [2.75, 3.05) is 18.8 Å². The average molecular weight is 314 g/mol. The fourth-order valence-electron chi connectivity index (χ4n) is 2.28. The van der Waals surface area contributed by atoms with E-state index in [2.05, 4.69) is 0 Å². The van der Waals surface area contributed by atoms with Gasteiger partial charge in [-0.05, 0) is 18.1 Å². The molecular formula is C14H16ClNO3S. The molecule has 1 heterocycles. The molecule has 0 aliphatic carbocycles. The van der Waals surface area contributed by atoms with E-state index in [9.17, 15) is 9.59 Å². The van der Waals surface area contributed by atoms with Crippen LogP contribution in [0.15, 0.2) is 29.2 Å². The molecule has 6 heteroatoms. The van der Waals surface area contributed by atoms with Crippen molar-refractivity contribution >= 4 is 35.2 Å². The average Bonchev–Trinajstić information content (AvgIpc) is 2.80. The molecule has 0 aromatic heterocycles. The maximum Gasteiger partial charge on any atom is 0.308 e. The Labute approximate surface area is 127 Å². The monoisotopic (exact) mass is 313 g/mol. The van der Waals surface area contributed by atoms with Crippen molar-refractivity contribution in [1.29, 1.82) is 0 Å². The largest absolute Gasteiger partial charge is 0.481 e. The maximum atomic E-state index is 12.1. The first-order valence-electron chi connectivity index (χ1n) is 6.37. The van der Waals surface area contributed by atoms with Gasteiger partial charge in [-0.25, -0.2) is 0 Å². The van der Waals surface area contributed by atoms with Crippen LogP contribution in [0.3, 0.4) is 0 Å². The maximum absolute atomic E-state index is 12.1. The number of amides is 1. The number of carboxylic acid groups (broad SMARTS) is 1. The van der Waals surface area contributed by atoms with Crippen LogP contribution in [0.5, 0.6) is 0 Å². The Morgan fingerprint density at radius 2 is 2.10 bits per heavy atom. The van der Waals surface area contributed by atoms with E-state index in [1.54, 1.807) is 11.0 Å². The SMILES string of the molecule is C[C@@H]1CN(C(=O)CSc2ccccc2Cl)C[C@H]1C(=O)O. The topological polar surface area (TPSA) is 57.6 Å². The molecule has 1 aliphatic rings. The number of nitrogens with zero attached hydrogens (tertiary/aromatic N) is 1. The van der Waals surface area contributed by atoms with Gasteiger partial charge in [-0.2, -0.15) is 0 Å². The third-order valence-corrected chi connectivity index (χ3v) is 4.97. The minimum atomic E-state index is -0.827. The van der Waals surface area contributed by atoms with Gasteiger partial charge >= 0.3 is 5.97 Å². The van der Waals surface area contributed by atoms with Gasteiger partial charge in [-0.3, -0.25) is 9.59 Å². The van der Waals surface area contributed by atoms with Crippen LogP contribution in [0.4, 0.5) is 0 Å². The molecule has 1 N–H and O–H groups in total. The van der Waals surface area contributed by atoms with E-state index in [1.807, 2.05) is 25.1 Å². The molecule has 2 atom stereocenters. The highest BCUT2D eigenvalue weighted by molar-refractivity contribution is 8.00. The zero-order valence-electron chi connectivity index (χ0n) is 11.1. The summed E-state index contributed by atoms with van der Waals surface area (Å²) in [6, 6.07) is 7.37. The van der Waals surface area contributed by atoms with Gasteiger partial charge in [0.25, 0.3) is 0 Å². The molecule has 0 unspecified atom stereocenters. The van der Waals surface area contributed by atoms with Gasteiger partial charge in [0.1, 0.15) is 0 Å². The van der Waals surface area contributed by atoms with E-state index in [1.165, 1.54) is 11.8 Å². The summed E-state index contributed by atoms with van der Waals surface area (Å²) in [6.45, 7) is 2.69. The lowest BCUT2D eigenvalue weighted by molar-refractivity contribution is -0.142. The Morgan fingerprint density at radius 1 is 1.40 bits per heavy atom. The van der Waals surface area contributed by atoms with Crippen molar-refractivity contribution in [2.45, 2.75) is 11.8 Å². The number of rotatable bonds is 4. The first-order valence-corrected chi connectivity index (χ1v) is 7.73. The summed E-state index contributed by atoms with van der Waals surface area (Å²) in [4.78, 5) is 25.7. The van der Waals surface area contributed by atoms with Crippen LogP contribution >= 0.6 is 23.4 Å². The van der Waals surface area contributed by atoms with Crippen LogP contribution in [-0.2, 0) is 9.59 Å². The molecule has 1 amide bonds. The van der Waals surface area contributed by atoms with Crippen LogP contribution in [0.25, 0.3) is 0 Å². The van der Waals surface area contributed by atoms with Crippen LogP contribution in [0.2, 0.25) is 5.02 Å². The highest BCUT2D eigenvalue weighted by atomic mass is 35.5. The number of carboxylic acids is 1. The molecule has 2 rings (SSSR count). The minimum absolute atomic E-state index is 0.00163. The van der Waals surface area contributed by atoms with E-state index in [4.69, 9.17) is 16.7 Å². The van der Waals surface area contributed by atoms with Crippen LogP contribution in [0.1, 0.15) is 6.92 Å². The fourth-order valence-corrected chi connectivity index (χ4v) is 3.43. The zero-order valence-corrected chi connectivity index (χ0v) is 12.7. The van der Waals surface area contributed by atoms with E-state index in [-0.39, 0.29) is 17.6 Å². The second-order valence-electron chi connectivity index (χ2n) is 4.94. The molecule has 1 aliphatic heterocycles. The molecule has 108 valence electrons. The lowest BCUT2D eigenvalue weighted by Gasteiger charge is -2.15. The Balaban J connectivity index is 1.90. The van der Waals surface area contributed by atoms with Crippen LogP contribution in [0, 0.1) is 11.8 Å². The second-order valence-corrected chi connectivity index (χ2v) is 6.36. The van der Waals surface area contributed by atoms with Crippen molar-refractivity contribution < 1.29 is 14.7 Å². The van der Waals surface area contributed by atoms with Gasteiger partial charge < -0.3 is 10.0 Å². The molecule has 1 saturated heterocycles. The normalized spacial score (nSPS) is 22.0. The summed E-state index contributed by atoms with van der Waals surface area (Å²) >= 11 is 7.41. The molecule has 1 fully saturated rings. The Hall–Kier alpha value is -1.20. The summed E-state index contributed by atoms with van der Waals surface area (Å²) in [5.74, 6) is -1.04. The molecule has 1 aromatic carbocycles. The predicted molar refractivity (Wildman–Crippen MR) is 79.0 cm³/mol. The lowest BCUT2D eigenvalue weighted by atomic mass is 9.99. The third-order valence-electron chi connectivity index (χ3n) is 3.47. The number of likely N-dealkylation sites (tertiary alicyclic amines) is 1. The number of thioether (sulfide) groups is 1. The number of benzene rings is 1. The zero-order chi connectivity index (χ0) is 14.7. The van der Waals surface area contributed by atoms with Gasteiger partial charge in [0.15, 0.2) is 0 Å². The van der Waals surface area contributed by atoms with Crippen molar-refractivity contribution in [3.05, 3.63) is 29.3 Å². The van der Waals surface area contributed by atoms with Gasteiger partial charge in [0, 0.05) is 18.0 Å². The van der Waals surface area contributed by atoms with Crippen molar-refractivity contribution in [2.24, 2.45) is 11.8 Å². The molecular weight excluding hydrogens is 298 g/mol. The quantitative estimate of drug-likeness (QED) is 0.868. The number of carbonyl (C=O) groups is 2. The summed E-state index contributed by atoms with van der Waals surface area (Å²) in [7, 11) is 0. The van der Waals surface area contributed by atoms with E-state index in [0.29, 0.717) is 18.1 Å². The molecule has 0 spiro atoms. The highest BCUT2D eigenvalue weighted by Gasteiger charge is 2.36. The highest BCUT2D eigenvalue weighted by Crippen LogP contribution is 2.28. The number of halogens is 1. The van der Waals surface area contributed by atoms with Gasteiger partial charge in [-0.15, -0.1) is 11.8 Å². The molecule has 20 heavy (non-hydrogen) atoms. The fraction of sp³-hybridized carbons (Fsp3) is 0.429. The van der Waals surface area contributed by atoms with Gasteiger partial charge in [0.2, 0.25) is 5.91 Å². The first-order chi connectivity index (χ1) is 9.49. The standard InChI is InChI=1S/C14H16ClNO3S/c1-9-6-16(7-10(9)14(18)19)13(17)8-20-12-5-3-2-4-11(12)15/h2-5,9-10H,6-8H2,1H3,(H,18,19)/t9-,10-/m1/s1. The minimum Gasteiger partial charge on any atom is -0.481 e. The first kappa shape index (κ1) is 15.2.